The van der Waals surface area contributed by atoms with Crippen LogP contribution in [-0.4, -0.2) is 37.2 Å². The Hall–Kier alpha value is -3.41. The molecule has 0 radical (unpaired) electrons. The van der Waals surface area contributed by atoms with Crippen LogP contribution in [0.2, 0.25) is 0 Å². The Bertz CT molecular complexity index is 1530. The fraction of sp³-hybridized carbons (Fsp3) is 0.773. The van der Waals surface area contributed by atoms with Crippen molar-refractivity contribution >= 4 is 17.9 Å². The highest BCUT2D eigenvalue weighted by Gasteiger charge is 2.19. The predicted octanol–water partition coefficient (Wildman–Crippen LogP) is 24.2. The lowest BCUT2D eigenvalue weighted by Gasteiger charge is -2.18. The zero-order valence-electron chi connectivity index (χ0n) is 53.8. The molecule has 0 aromatic carbocycles. The summed E-state index contributed by atoms with van der Waals surface area (Å²) in [7, 11) is 0. The molecule has 0 aromatic rings. The molecule has 6 nitrogen and oxygen atoms in total. The molecule has 0 aromatic heterocycles. The molecule has 0 saturated carbocycles. The number of rotatable bonds is 64. The van der Waals surface area contributed by atoms with E-state index in [4.69, 9.17) is 14.2 Å². The van der Waals surface area contributed by atoms with E-state index in [0.717, 1.165) is 103 Å². The first-order valence-corrected chi connectivity index (χ1v) is 35.1. The SMILES string of the molecule is CCCCC/C=C\C/C=C\C/C=C\CCCCCCCCC(=O)OC(COC(=O)CCCCCCCCC/C=C\C/C=C\CCCCC)COC(=O)CCCCCCCCCCCCCCCCC/C=C\C/C=C\CCCCCCC. The number of unbranched alkanes of at least 4 members (excludes halogenated alkanes) is 39. The molecule has 6 heteroatoms. The average molecular weight is 1130 g/mol. The number of hydrogen-bond donors (Lipinski definition) is 0. The van der Waals surface area contributed by atoms with Gasteiger partial charge in [0.05, 0.1) is 0 Å². The molecular weight excluding hydrogens is 997 g/mol. The summed E-state index contributed by atoms with van der Waals surface area (Å²) in [5, 5.41) is 0. The number of carbonyl (C=O) groups excluding carboxylic acids is 3. The maximum atomic E-state index is 12.9. The number of carbonyl (C=O) groups is 3. The summed E-state index contributed by atoms with van der Waals surface area (Å²) in [6.07, 6.45) is 91.7. The van der Waals surface area contributed by atoms with Gasteiger partial charge in [-0.05, 0) is 122 Å². The summed E-state index contributed by atoms with van der Waals surface area (Å²) in [6, 6.07) is 0. The second kappa shape index (κ2) is 69.1. The Morgan fingerprint density at radius 2 is 0.444 bits per heavy atom. The van der Waals surface area contributed by atoms with E-state index in [2.05, 4.69) is 106 Å². The molecule has 468 valence electrons. The van der Waals surface area contributed by atoms with E-state index >= 15 is 0 Å². The van der Waals surface area contributed by atoms with Crippen LogP contribution in [0.15, 0.2) is 85.1 Å². The van der Waals surface area contributed by atoms with Crippen molar-refractivity contribution in [1.82, 2.24) is 0 Å². The van der Waals surface area contributed by atoms with Crippen LogP contribution in [-0.2, 0) is 28.6 Å². The highest BCUT2D eigenvalue weighted by Crippen LogP contribution is 2.17. The second-order valence-electron chi connectivity index (χ2n) is 23.4. The lowest BCUT2D eigenvalue weighted by molar-refractivity contribution is -0.167. The molecular formula is C75H132O6. The lowest BCUT2D eigenvalue weighted by Crippen LogP contribution is -2.30. The minimum absolute atomic E-state index is 0.0826. The van der Waals surface area contributed by atoms with Crippen LogP contribution in [0, 0.1) is 0 Å². The van der Waals surface area contributed by atoms with E-state index in [1.54, 1.807) is 0 Å². The molecule has 0 rings (SSSR count). The Kier molecular flexibility index (Phi) is 66.2. The van der Waals surface area contributed by atoms with Gasteiger partial charge in [-0.3, -0.25) is 14.4 Å². The first-order valence-electron chi connectivity index (χ1n) is 35.1. The van der Waals surface area contributed by atoms with Crippen molar-refractivity contribution in [3.05, 3.63) is 85.1 Å². The molecule has 0 heterocycles. The van der Waals surface area contributed by atoms with Crippen LogP contribution in [0.4, 0.5) is 0 Å². The van der Waals surface area contributed by atoms with E-state index in [1.165, 1.54) is 212 Å². The summed E-state index contributed by atoms with van der Waals surface area (Å²) >= 11 is 0. The van der Waals surface area contributed by atoms with Gasteiger partial charge in [-0.15, -0.1) is 0 Å². The summed E-state index contributed by atoms with van der Waals surface area (Å²) in [5.74, 6) is -0.886. The van der Waals surface area contributed by atoms with Crippen molar-refractivity contribution in [3.63, 3.8) is 0 Å². The Morgan fingerprint density at radius 1 is 0.247 bits per heavy atom. The number of esters is 3. The van der Waals surface area contributed by atoms with Crippen molar-refractivity contribution in [3.8, 4) is 0 Å². The van der Waals surface area contributed by atoms with Gasteiger partial charge in [0, 0.05) is 19.3 Å². The van der Waals surface area contributed by atoms with Gasteiger partial charge in [0.2, 0.25) is 0 Å². The van der Waals surface area contributed by atoms with Gasteiger partial charge in [0.15, 0.2) is 6.10 Å². The molecule has 0 aliphatic rings. The molecule has 1 atom stereocenters. The minimum Gasteiger partial charge on any atom is -0.462 e. The van der Waals surface area contributed by atoms with Crippen LogP contribution in [0.3, 0.4) is 0 Å². The maximum Gasteiger partial charge on any atom is 0.306 e. The molecule has 0 aliphatic heterocycles. The molecule has 0 fully saturated rings. The van der Waals surface area contributed by atoms with E-state index in [9.17, 15) is 14.4 Å². The molecule has 0 bridgehead atoms. The van der Waals surface area contributed by atoms with Gasteiger partial charge in [-0.25, -0.2) is 0 Å². The fourth-order valence-electron chi connectivity index (χ4n) is 10.0. The van der Waals surface area contributed by atoms with Crippen LogP contribution in [0.5, 0.6) is 0 Å². The summed E-state index contributed by atoms with van der Waals surface area (Å²) in [4.78, 5) is 38.5. The van der Waals surface area contributed by atoms with E-state index in [1.807, 2.05) is 0 Å². The third kappa shape index (κ3) is 67.3. The Morgan fingerprint density at radius 3 is 0.716 bits per heavy atom. The van der Waals surface area contributed by atoms with Crippen molar-refractivity contribution in [2.24, 2.45) is 0 Å². The van der Waals surface area contributed by atoms with Gasteiger partial charge >= 0.3 is 17.9 Å². The van der Waals surface area contributed by atoms with Crippen molar-refractivity contribution < 1.29 is 28.6 Å². The lowest BCUT2D eigenvalue weighted by atomic mass is 10.0. The summed E-state index contributed by atoms with van der Waals surface area (Å²) in [5.41, 5.74) is 0. The number of allylic oxidation sites excluding steroid dienone is 14. The second-order valence-corrected chi connectivity index (χ2v) is 23.4. The van der Waals surface area contributed by atoms with Gasteiger partial charge in [0.25, 0.3) is 0 Å². The van der Waals surface area contributed by atoms with Crippen molar-refractivity contribution in [2.45, 2.75) is 361 Å². The normalized spacial score (nSPS) is 12.6. The quantitative estimate of drug-likeness (QED) is 0.0261. The minimum atomic E-state index is -0.789. The number of hydrogen-bond acceptors (Lipinski definition) is 6. The van der Waals surface area contributed by atoms with Gasteiger partial charge in [0.1, 0.15) is 13.2 Å². The van der Waals surface area contributed by atoms with Crippen molar-refractivity contribution in [1.29, 1.82) is 0 Å². The van der Waals surface area contributed by atoms with E-state index in [0.29, 0.717) is 19.3 Å². The van der Waals surface area contributed by atoms with Crippen LogP contribution >= 0.6 is 0 Å². The first kappa shape index (κ1) is 77.6. The van der Waals surface area contributed by atoms with Gasteiger partial charge in [-0.2, -0.15) is 0 Å². The highest BCUT2D eigenvalue weighted by molar-refractivity contribution is 5.71. The van der Waals surface area contributed by atoms with Crippen LogP contribution in [0.25, 0.3) is 0 Å². The predicted molar refractivity (Wildman–Crippen MR) is 353 cm³/mol. The molecule has 0 amide bonds. The standard InChI is InChI=1S/C75H132O6/c1-4-7-10-13-16-19-22-25-28-31-33-34-35-36-37-38-39-40-42-44-47-50-53-56-59-62-65-68-74(77)80-71-72(70-79-73(76)67-64-61-58-55-52-49-46-43-30-27-24-21-18-15-12-9-6-3)81-75(78)69-66-63-60-57-54-51-48-45-41-32-29-26-23-20-17-14-11-8-5-2/h17-18,20-22,25-27,29-31,33,41,45,72H,4-16,19,23-24,28,32,34-40,42-44,46-71H2,1-3H3/b20-17-,21-18-,25-22-,29-26-,30-27-,33-31-,45-41-. The van der Waals surface area contributed by atoms with E-state index in [-0.39, 0.29) is 31.1 Å². The Balaban J connectivity index is 4.33. The Labute approximate surface area is 503 Å². The zero-order chi connectivity index (χ0) is 58.5. The summed E-state index contributed by atoms with van der Waals surface area (Å²) in [6.45, 7) is 6.60. The maximum absolute atomic E-state index is 12.9. The van der Waals surface area contributed by atoms with Crippen LogP contribution < -0.4 is 0 Å². The van der Waals surface area contributed by atoms with Crippen molar-refractivity contribution in [2.75, 3.05) is 13.2 Å². The fourth-order valence-corrected chi connectivity index (χ4v) is 10.0. The van der Waals surface area contributed by atoms with Gasteiger partial charge < -0.3 is 14.2 Å². The third-order valence-electron chi connectivity index (χ3n) is 15.3. The molecule has 81 heavy (non-hydrogen) atoms. The zero-order valence-corrected chi connectivity index (χ0v) is 53.8. The summed E-state index contributed by atoms with van der Waals surface area (Å²) < 4.78 is 17.0. The van der Waals surface area contributed by atoms with Crippen LogP contribution in [0.1, 0.15) is 355 Å². The monoisotopic (exact) mass is 1130 g/mol. The smallest absolute Gasteiger partial charge is 0.306 e. The highest BCUT2D eigenvalue weighted by atomic mass is 16.6. The first-order chi connectivity index (χ1) is 40.0. The number of ether oxygens (including phenoxy) is 3. The topological polar surface area (TPSA) is 78.9 Å². The van der Waals surface area contributed by atoms with E-state index < -0.39 is 6.10 Å². The molecule has 1 unspecified atom stereocenters. The van der Waals surface area contributed by atoms with Gasteiger partial charge in [-0.1, -0.05) is 298 Å². The molecule has 0 spiro atoms. The molecule has 0 saturated heterocycles. The largest absolute Gasteiger partial charge is 0.462 e. The molecule has 0 N–H and O–H groups in total. The average Bonchev–Trinajstić information content (AvgIpc) is 3.47. The molecule has 0 aliphatic carbocycles. The third-order valence-corrected chi connectivity index (χ3v) is 15.3.